The molecule has 0 bridgehead atoms. The van der Waals surface area contributed by atoms with Crippen LogP contribution in [0.1, 0.15) is 23.6 Å². The van der Waals surface area contributed by atoms with Crippen LogP contribution in [0.4, 0.5) is 0 Å². The Morgan fingerprint density at radius 1 is 1.17 bits per heavy atom. The zero-order valence-corrected chi connectivity index (χ0v) is 14.1. The summed E-state index contributed by atoms with van der Waals surface area (Å²) in [5, 5.41) is 4.58. The minimum Gasteiger partial charge on any atom is -0.481 e. The van der Waals surface area contributed by atoms with Gasteiger partial charge in [-0.25, -0.2) is 5.43 Å². The highest BCUT2D eigenvalue weighted by Gasteiger charge is 2.14. The number of hydrogen-bond donors (Lipinski definition) is 1. The maximum absolute atomic E-state index is 12.0. The van der Waals surface area contributed by atoms with Gasteiger partial charge in [0.25, 0.3) is 5.91 Å². The van der Waals surface area contributed by atoms with Crippen LogP contribution in [-0.2, 0) is 4.79 Å². The van der Waals surface area contributed by atoms with E-state index < -0.39 is 6.10 Å². The number of carbonyl (C=O) groups is 1. The van der Waals surface area contributed by atoms with Crippen LogP contribution in [0, 0.1) is 13.8 Å². The van der Waals surface area contributed by atoms with Crippen molar-refractivity contribution in [1.29, 1.82) is 0 Å². The van der Waals surface area contributed by atoms with Crippen molar-refractivity contribution in [1.82, 2.24) is 5.43 Å². The summed E-state index contributed by atoms with van der Waals surface area (Å²) in [6, 6.07) is 13.0. The number of ether oxygens (including phenoxy) is 1. The lowest BCUT2D eigenvalue weighted by molar-refractivity contribution is -0.127. The number of rotatable bonds is 5. The average molecular weight is 331 g/mol. The Hall–Kier alpha value is -2.33. The molecule has 23 heavy (non-hydrogen) atoms. The lowest BCUT2D eigenvalue weighted by atomic mass is 10.1. The van der Waals surface area contributed by atoms with E-state index in [1.165, 1.54) is 0 Å². The summed E-state index contributed by atoms with van der Waals surface area (Å²) < 4.78 is 5.65. The van der Waals surface area contributed by atoms with Gasteiger partial charge in [-0.05, 0) is 61.7 Å². The van der Waals surface area contributed by atoms with E-state index in [4.69, 9.17) is 16.3 Å². The molecule has 4 nitrogen and oxygen atoms in total. The van der Waals surface area contributed by atoms with Crippen LogP contribution in [-0.4, -0.2) is 18.2 Å². The molecule has 0 heterocycles. The van der Waals surface area contributed by atoms with Gasteiger partial charge in [0.15, 0.2) is 6.10 Å². The molecular formula is C18H19ClN2O2. The Labute approximate surface area is 141 Å². The molecule has 5 heteroatoms. The van der Waals surface area contributed by atoms with Crippen LogP contribution in [0.15, 0.2) is 47.6 Å². The van der Waals surface area contributed by atoms with Crippen molar-refractivity contribution >= 4 is 23.7 Å². The van der Waals surface area contributed by atoms with Gasteiger partial charge in [-0.3, -0.25) is 4.79 Å². The molecule has 2 aromatic carbocycles. The third-order valence-electron chi connectivity index (χ3n) is 3.14. The molecule has 0 saturated heterocycles. The third-order valence-corrected chi connectivity index (χ3v) is 3.39. The van der Waals surface area contributed by atoms with Crippen molar-refractivity contribution in [2.45, 2.75) is 26.9 Å². The Morgan fingerprint density at radius 2 is 1.78 bits per heavy atom. The van der Waals surface area contributed by atoms with Crippen LogP contribution < -0.4 is 10.2 Å². The maximum atomic E-state index is 12.0. The quantitative estimate of drug-likeness (QED) is 0.668. The summed E-state index contributed by atoms with van der Waals surface area (Å²) in [6.07, 6.45) is 0.913. The molecule has 2 aromatic rings. The largest absolute Gasteiger partial charge is 0.481 e. The fourth-order valence-corrected chi connectivity index (χ4v) is 2.19. The van der Waals surface area contributed by atoms with E-state index in [0.29, 0.717) is 10.8 Å². The van der Waals surface area contributed by atoms with Gasteiger partial charge in [-0.1, -0.05) is 29.8 Å². The molecule has 1 unspecified atom stereocenters. The van der Waals surface area contributed by atoms with Crippen LogP contribution in [0.5, 0.6) is 5.75 Å². The standard InChI is InChI=1S/C18H19ClN2O2/c1-12-8-13(2)10-17(9-12)23-14(3)18(22)21-20-11-15-4-6-16(19)7-5-15/h4-11,14H,1-3H3,(H,21,22)/b20-11+. The highest BCUT2D eigenvalue weighted by atomic mass is 35.5. The fourth-order valence-electron chi connectivity index (χ4n) is 2.07. The van der Waals surface area contributed by atoms with Crippen LogP contribution >= 0.6 is 11.6 Å². The topological polar surface area (TPSA) is 50.7 Å². The van der Waals surface area contributed by atoms with Crippen molar-refractivity contribution in [3.63, 3.8) is 0 Å². The number of benzene rings is 2. The van der Waals surface area contributed by atoms with Gasteiger partial charge >= 0.3 is 0 Å². The lowest BCUT2D eigenvalue weighted by Gasteiger charge is -2.14. The summed E-state index contributed by atoms with van der Waals surface area (Å²) in [7, 11) is 0. The SMILES string of the molecule is Cc1cc(C)cc(OC(C)C(=O)N/N=C/c2ccc(Cl)cc2)c1. The molecule has 2 rings (SSSR count). The molecule has 1 N–H and O–H groups in total. The van der Waals surface area contributed by atoms with E-state index in [1.54, 1.807) is 25.3 Å². The molecule has 0 spiro atoms. The van der Waals surface area contributed by atoms with Gasteiger partial charge in [-0.2, -0.15) is 5.10 Å². The number of carbonyl (C=O) groups excluding carboxylic acids is 1. The molecule has 0 radical (unpaired) electrons. The molecule has 120 valence electrons. The van der Waals surface area contributed by atoms with E-state index in [9.17, 15) is 4.79 Å². The summed E-state index contributed by atoms with van der Waals surface area (Å²) in [5.41, 5.74) is 5.49. The van der Waals surface area contributed by atoms with Crippen molar-refractivity contribution in [2.75, 3.05) is 0 Å². The predicted molar refractivity (Wildman–Crippen MR) is 93.2 cm³/mol. The Bertz CT molecular complexity index is 691. The summed E-state index contributed by atoms with van der Waals surface area (Å²) in [6.45, 7) is 5.66. The average Bonchev–Trinajstić information content (AvgIpc) is 2.48. The smallest absolute Gasteiger partial charge is 0.280 e. The summed E-state index contributed by atoms with van der Waals surface area (Å²) >= 11 is 5.81. The molecule has 0 fully saturated rings. The summed E-state index contributed by atoms with van der Waals surface area (Å²) in [4.78, 5) is 12.0. The number of nitrogens with zero attached hydrogens (tertiary/aromatic N) is 1. The van der Waals surface area contributed by atoms with Crippen molar-refractivity contribution in [2.24, 2.45) is 5.10 Å². The van der Waals surface area contributed by atoms with E-state index in [-0.39, 0.29) is 5.91 Å². The fraction of sp³-hybridized carbons (Fsp3) is 0.222. The minimum atomic E-state index is -0.640. The zero-order chi connectivity index (χ0) is 16.8. The highest BCUT2D eigenvalue weighted by molar-refractivity contribution is 6.30. The Kier molecular flexibility index (Phi) is 5.77. The number of halogens is 1. The van der Waals surface area contributed by atoms with E-state index in [1.807, 2.05) is 44.2 Å². The van der Waals surface area contributed by atoms with Gasteiger partial charge in [0.2, 0.25) is 0 Å². The molecule has 0 aromatic heterocycles. The van der Waals surface area contributed by atoms with Gasteiger partial charge in [-0.15, -0.1) is 0 Å². The second kappa shape index (κ2) is 7.79. The zero-order valence-electron chi connectivity index (χ0n) is 13.3. The first kappa shape index (κ1) is 17.0. The minimum absolute atomic E-state index is 0.311. The molecule has 1 amide bonds. The molecular weight excluding hydrogens is 312 g/mol. The van der Waals surface area contributed by atoms with Gasteiger partial charge in [0, 0.05) is 5.02 Å². The monoisotopic (exact) mass is 330 g/mol. The second-order valence-electron chi connectivity index (χ2n) is 5.37. The lowest BCUT2D eigenvalue weighted by Crippen LogP contribution is -2.33. The number of nitrogens with one attached hydrogen (secondary N) is 1. The van der Waals surface area contributed by atoms with Crippen molar-refractivity contribution in [3.05, 3.63) is 64.2 Å². The van der Waals surface area contributed by atoms with Gasteiger partial charge in [0.1, 0.15) is 5.75 Å². The van der Waals surface area contributed by atoms with E-state index in [0.717, 1.165) is 16.7 Å². The summed E-state index contributed by atoms with van der Waals surface area (Å²) in [5.74, 6) is 0.362. The first-order chi connectivity index (χ1) is 10.9. The van der Waals surface area contributed by atoms with Gasteiger partial charge < -0.3 is 4.74 Å². The van der Waals surface area contributed by atoms with E-state index in [2.05, 4.69) is 10.5 Å². The molecule has 0 saturated carbocycles. The van der Waals surface area contributed by atoms with Crippen molar-refractivity contribution in [3.8, 4) is 5.75 Å². The first-order valence-corrected chi connectivity index (χ1v) is 7.65. The molecule has 0 aliphatic rings. The first-order valence-electron chi connectivity index (χ1n) is 7.27. The normalized spacial score (nSPS) is 12.2. The van der Waals surface area contributed by atoms with Crippen LogP contribution in [0.3, 0.4) is 0 Å². The predicted octanol–water partition coefficient (Wildman–Crippen LogP) is 3.87. The maximum Gasteiger partial charge on any atom is 0.280 e. The second-order valence-corrected chi connectivity index (χ2v) is 5.81. The molecule has 0 aliphatic carbocycles. The van der Waals surface area contributed by atoms with Crippen LogP contribution in [0.2, 0.25) is 5.02 Å². The van der Waals surface area contributed by atoms with E-state index >= 15 is 0 Å². The number of hydrazone groups is 1. The molecule has 0 aliphatic heterocycles. The molecule has 1 atom stereocenters. The number of amides is 1. The number of hydrogen-bond acceptors (Lipinski definition) is 3. The van der Waals surface area contributed by atoms with Crippen molar-refractivity contribution < 1.29 is 9.53 Å². The Balaban J connectivity index is 1.90. The number of aryl methyl sites for hydroxylation is 2. The highest BCUT2D eigenvalue weighted by Crippen LogP contribution is 2.17. The third kappa shape index (κ3) is 5.42. The van der Waals surface area contributed by atoms with Gasteiger partial charge in [0.05, 0.1) is 6.21 Å². The van der Waals surface area contributed by atoms with Crippen LogP contribution in [0.25, 0.3) is 0 Å². The Morgan fingerprint density at radius 3 is 2.39 bits per heavy atom.